The number of nitrogens with one attached hydrogen (secondary N) is 2. The van der Waals surface area contributed by atoms with E-state index in [2.05, 4.69) is 29.4 Å². The number of piperazine rings is 1. The van der Waals surface area contributed by atoms with E-state index in [-0.39, 0.29) is 11.4 Å². The summed E-state index contributed by atoms with van der Waals surface area (Å²) in [4.78, 5) is 13.8. The first-order valence-corrected chi connectivity index (χ1v) is 5.12. The van der Waals surface area contributed by atoms with Gasteiger partial charge in [-0.25, -0.2) is 0 Å². The van der Waals surface area contributed by atoms with Crippen LogP contribution in [0.3, 0.4) is 0 Å². The highest BCUT2D eigenvalue weighted by Crippen LogP contribution is 2.12. The number of aromatic nitrogens is 2. The zero-order chi connectivity index (χ0) is 10.9. The molecule has 1 aromatic rings. The first-order chi connectivity index (χ1) is 7.08. The lowest BCUT2D eigenvalue weighted by molar-refractivity contribution is 0.0646. The number of nitrogens with zero attached hydrogens (tertiary/aromatic N) is 2. The molecule has 0 atom stereocenters. The highest BCUT2D eigenvalue weighted by Gasteiger charge is 2.29. The fourth-order valence-electron chi connectivity index (χ4n) is 1.86. The van der Waals surface area contributed by atoms with Crippen LogP contribution in [-0.4, -0.2) is 46.2 Å². The Balaban J connectivity index is 2.08. The molecule has 1 amide bonds. The second-order valence-electron chi connectivity index (χ2n) is 4.51. The molecular formula is C10H16N4O. The molecule has 1 aliphatic heterocycles. The number of amides is 1. The Kier molecular flexibility index (Phi) is 2.48. The second kappa shape index (κ2) is 3.66. The van der Waals surface area contributed by atoms with Crippen LogP contribution in [0.5, 0.6) is 0 Å². The molecule has 0 spiro atoms. The molecule has 0 unspecified atom stereocenters. The van der Waals surface area contributed by atoms with Crippen LogP contribution in [0.25, 0.3) is 0 Å². The van der Waals surface area contributed by atoms with Gasteiger partial charge >= 0.3 is 0 Å². The lowest BCUT2D eigenvalue weighted by atomic mass is 10.0. The Bertz CT molecular complexity index is 344. The van der Waals surface area contributed by atoms with Crippen LogP contribution in [-0.2, 0) is 0 Å². The number of hydrogen-bond donors (Lipinski definition) is 2. The molecule has 1 aliphatic rings. The predicted molar refractivity (Wildman–Crippen MR) is 56.6 cm³/mol. The Morgan fingerprint density at radius 2 is 2.40 bits per heavy atom. The molecule has 5 nitrogen and oxygen atoms in total. The summed E-state index contributed by atoms with van der Waals surface area (Å²) < 4.78 is 0. The van der Waals surface area contributed by atoms with Crippen molar-refractivity contribution >= 4 is 5.91 Å². The van der Waals surface area contributed by atoms with Gasteiger partial charge in [0.05, 0.1) is 0 Å². The van der Waals surface area contributed by atoms with E-state index in [1.165, 1.54) is 0 Å². The summed E-state index contributed by atoms with van der Waals surface area (Å²) in [7, 11) is 0. The largest absolute Gasteiger partial charge is 0.334 e. The maximum atomic E-state index is 12.0. The van der Waals surface area contributed by atoms with Crippen LogP contribution < -0.4 is 5.32 Å². The van der Waals surface area contributed by atoms with Gasteiger partial charge in [0.1, 0.15) is 5.69 Å². The topological polar surface area (TPSA) is 61.0 Å². The summed E-state index contributed by atoms with van der Waals surface area (Å²) in [5, 5.41) is 9.86. The van der Waals surface area contributed by atoms with Crippen molar-refractivity contribution in [3.63, 3.8) is 0 Å². The van der Waals surface area contributed by atoms with Gasteiger partial charge in [-0.2, -0.15) is 5.10 Å². The standard InChI is InChI=1S/C10H16N4O/c1-10(2)7-14(6-5-11-10)9(15)8-3-4-12-13-8/h3-4,11H,5-7H2,1-2H3,(H,12,13). The summed E-state index contributed by atoms with van der Waals surface area (Å²) in [5.41, 5.74) is 0.557. The molecule has 5 heteroatoms. The highest BCUT2D eigenvalue weighted by molar-refractivity contribution is 5.92. The fraction of sp³-hybridized carbons (Fsp3) is 0.600. The van der Waals surface area contributed by atoms with Crippen LogP contribution >= 0.6 is 0 Å². The van der Waals surface area contributed by atoms with Gasteiger partial charge < -0.3 is 10.2 Å². The summed E-state index contributed by atoms with van der Waals surface area (Å²) in [6.45, 7) is 6.51. The van der Waals surface area contributed by atoms with Crippen LogP contribution in [0.15, 0.2) is 12.3 Å². The zero-order valence-corrected chi connectivity index (χ0v) is 9.08. The van der Waals surface area contributed by atoms with Crippen molar-refractivity contribution < 1.29 is 4.79 Å². The maximum Gasteiger partial charge on any atom is 0.271 e. The summed E-state index contributed by atoms with van der Waals surface area (Å²) >= 11 is 0. The molecule has 0 radical (unpaired) electrons. The third-order valence-corrected chi connectivity index (χ3v) is 2.59. The first-order valence-electron chi connectivity index (χ1n) is 5.12. The minimum absolute atomic E-state index is 0.00602. The van der Waals surface area contributed by atoms with E-state index in [1.807, 2.05) is 4.90 Å². The SMILES string of the molecule is CC1(C)CN(C(=O)c2ccn[nH]2)CCN1. The van der Waals surface area contributed by atoms with Gasteiger partial charge in [0.2, 0.25) is 0 Å². The average Bonchev–Trinajstić information content (AvgIpc) is 2.67. The first kappa shape index (κ1) is 10.2. The second-order valence-corrected chi connectivity index (χ2v) is 4.51. The molecule has 2 rings (SSSR count). The van der Waals surface area contributed by atoms with Crippen molar-refractivity contribution in [2.45, 2.75) is 19.4 Å². The summed E-state index contributed by atoms with van der Waals surface area (Å²) in [6.07, 6.45) is 1.60. The van der Waals surface area contributed by atoms with Gasteiger partial charge in [-0.3, -0.25) is 9.89 Å². The lowest BCUT2D eigenvalue weighted by Crippen LogP contribution is -2.58. The summed E-state index contributed by atoms with van der Waals surface area (Å²) in [5.74, 6) is 0.0297. The van der Waals surface area contributed by atoms with Gasteiger partial charge in [-0.05, 0) is 19.9 Å². The molecule has 1 aromatic heterocycles. The van der Waals surface area contributed by atoms with E-state index < -0.39 is 0 Å². The molecule has 15 heavy (non-hydrogen) atoms. The number of H-pyrrole nitrogens is 1. The summed E-state index contributed by atoms with van der Waals surface area (Å²) in [6, 6.07) is 1.71. The van der Waals surface area contributed by atoms with Crippen molar-refractivity contribution in [1.29, 1.82) is 0 Å². The predicted octanol–water partition coefficient (Wildman–Crippen LogP) is 0.234. The van der Waals surface area contributed by atoms with Crippen LogP contribution in [0.2, 0.25) is 0 Å². The molecule has 0 bridgehead atoms. The van der Waals surface area contributed by atoms with Crippen LogP contribution in [0.4, 0.5) is 0 Å². The van der Waals surface area contributed by atoms with Crippen molar-refractivity contribution in [3.8, 4) is 0 Å². The number of rotatable bonds is 1. The number of hydrogen-bond acceptors (Lipinski definition) is 3. The molecule has 82 valence electrons. The lowest BCUT2D eigenvalue weighted by Gasteiger charge is -2.38. The number of carbonyl (C=O) groups is 1. The fourth-order valence-corrected chi connectivity index (χ4v) is 1.86. The Morgan fingerprint density at radius 3 is 3.00 bits per heavy atom. The van der Waals surface area contributed by atoms with Gasteiger partial charge in [0, 0.05) is 31.4 Å². The Morgan fingerprint density at radius 1 is 1.60 bits per heavy atom. The van der Waals surface area contributed by atoms with E-state index in [0.717, 1.165) is 19.6 Å². The number of aromatic amines is 1. The minimum atomic E-state index is -0.00602. The van der Waals surface area contributed by atoms with Crippen molar-refractivity contribution in [2.75, 3.05) is 19.6 Å². The normalized spacial score (nSPS) is 20.3. The van der Waals surface area contributed by atoms with E-state index >= 15 is 0 Å². The Labute approximate surface area is 88.8 Å². The van der Waals surface area contributed by atoms with E-state index in [1.54, 1.807) is 12.3 Å². The third kappa shape index (κ3) is 2.18. The van der Waals surface area contributed by atoms with E-state index in [0.29, 0.717) is 5.69 Å². The third-order valence-electron chi connectivity index (χ3n) is 2.59. The van der Waals surface area contributed by atoms with Gasteiger partial charge in [-0.15, -0.1) is 0 Å². The quantitative estimate of drug-likeness (QED) is 0.694. The zero-order valence-electron chi connectivity index (χ0n) is 9.08. The molecule has 2 N–H and O–H groups in total. The molecule has 2 heterocycles. The van der Waals surface area contributed by atoms with E-state index in [4.69, 9.17) is 0 Å². The average molecular weight is 208 g/mol. The van der Waals surface area contributed by atoms with Crippen molar-refractivity contribution in [3.05, 3.63) is 18.0 Å². The molecular weight excluding hydrogens is 192 g/mol. The minimum Gasteiger partial charge on any atom is -0.334 e. The smallest absolute Gasteiger partial charge is 0.271 e. The van der Waals surface area contributed by atoms with Crippen LogP contribution in [0, 0.1) is 0 Å². The highest BCUT2D eigenvalue weighted by atomic mass is 16.2. The van der Waals surface area contributed by atoms with Gasteiger partial charge in [-0.1, -0.05) is 0 Å². The Hall–Kier alpha value is -1.36. The maximum absolute atomic E-state index is 12.0. The molecule has 1 saturated heterocycles. The van der Waals surface area contributed by atoms with Gasteiger partial charge in [0.15, 0.2) is 0 Å². The molecule has 0 aromatic carbocycles. The van der Waals surface area contributed by atoms with Crippen LogP contribution in [0.1, 0.15) is 24.3 Å². The van der Waals surface area contributed by atoms with Gasteiger partial charge in [0.25, 0.3) is 5.91 Å². The van der Waals surface area contributed by atoms with Crippen molar-refractivity contribution in [1.82, 2.24) is 20.4 Å². The van der Waals surface area contributed by atoms with E-state index in [9.17, 15) is 4.79 Å². The van der Waals surface area contributed by atoms with Crippen molar-refractivity contribution in [2.24, 2.45) is 0 Å². The molecule has 0 saturated carbocycles. The molecule has 0 aliphatic carbocycles. The monoisotopic (exact) mass is 208 g/mol. The molecule has 1 fully saturated rings. The number of carbonyl (C=O) groups excluding carboxylic acids is 1.